The summed E-state index contributed by atoms with van der Waals surface area (Å²) in [7, 11) is 0. The van der Waals surface area contributed by atoms with Gasteiger partial charge in [0.1, 0.15) is 0 Å². The van der Waals surface area contributed by atoms with Crippen LogP contribution in [0.1, 0.15) is 10.4 Å². The number of nitrogens with zero attached hydrogens (tertiary/aromatic N) is 1. The summed E-state index contributed by atoms with van der Waals surface area (Å²) in [5.74, 6) is -0.149. The standard InChI is InChI=1S/C22H14BrIN2O/c23-16-8-6-14(7-9-16)18-11-10-17(24)13-19(18)22(27)26-20-5-1-3-15-4-2-12-25-21(15)20/h1-13H,(H,26,27). The van der Waals surface area contributed by atoms with Crippen molar-refractivity contribution in [3.05, 3.63) is 92.6 Å². The predicted molar refractivity (Wildman–Crippen MR) is 122 cm³/mol. The maximum Gasteiger partial charge on any atom is 0.256 e. The van der Waals surface area contributed by atoms with Crippen LogP contribution >= 0.6 is 38.5 Å². The topological polar surface area (TPSA) is 42.0 Å². The van der Waals surface area contributed by atoms with Gasteiger partial charge >= 0.3 is 0 Å². The summed E-state index contributed by atoms with van der Waals surface area (Å²) >= 11 is 5.68. The van der Waals surface area contributed by atoms with E-state index in [2.05, 4.69) is 48.8 Å². The second kappa shape index (κ2) is 7.78. The van der Waals surface area contributed by atoms with E-state index in [0.717, 1.165) is 30.1 Å². The Morgan fingerprint density at radius 1 is 0.963 bits per heavy atom. The van der Waals surface area contributed by atoms with Gasteiger partial charge in [0.15, 0.2) is 0 Å². The first-order valence-corrected chi connectivity index (χ1v) is 10.2. The van der Waals surface area contributed by atoms with E-state index in [-0.39, 0.29) is 5.91 Å². The zero-order chi connectivity index (χ0) is 18.8. The lowest BCUT2D eigenvalue weighted by molar-refractivity contribution is 0.102. The zero-order valence-electron chi connectivity index (χ0n) is 14.1. The average Bonchev–Trinajstić information content (AvgIpc) is 2.69. The number of hydrogen-bond donors (Lipinski definition) is 1. The van der Waals surface area contributed by atoms with Gasteiger partial charge in [-0.1, -0.05) is 52.3 Å². The molecule has 0 aliphatic carbocycles. The third kappa shape index (κ3) is 3.89. The lowest BCUT2D eigenvalue weighted by atomic mass is 9.99. The van der Waals surface area contributed by atoms with Crippen LogP contribution in [0.25, 0.3) is 22.0 Å². The molecule has 1 heterocycles. The summed E-state index contributed by atoms with van der Waals surface area (Å²) in [6, 6.07) is 23.5. The van der Waals surface area contributed by atoms with Gasteiger partial charge in [0.05, 0.1) is 11.2 Å². The molecule has 0 spiro atoms. The largest absolute Gasteiger partial charge is 0.320 e. The van der Waals surface area contributed by atoms with E-state index in [4.69, 9.17) is 0 Å². The number of halogens is 2. The fraction of sp³-hybridized carbons (Fsp3) is 0. The molecule has 0 aliphatic rings. The third-order valence-electron chi connectivity index (χ3n) is 4.26. The van der Waals surface area contributed by atoms with Gasteiger partial charge in [0.2, 0.25) is 0 Å². The summed E-state index contributed by atoms with van der Waals surface area (Å²) in [5.41, 5.74) is 4.02. The Balaban J connectivity index is 1.75. The first-order valence-electron chi connectivity index (χ1n) is 8.32. The van der Waals surface area contributed by atoms with Crippen LogP contribution in [-0.4, -0.2) is 10.9 Å². The Labute approximate surface area is 179 Å². The number of para-hydroxylation sites is 1. The second-order valence-corrected chi connectivity index (χ2v) is 8.19. The van der Waals surface area contributed by atoms with Crippen molar-refractivity contribution >= 4 is 61.0 Å². The highest BCUT2D eigenvalue weighted by Crippen LogP contribution is 2.28. The van der Waals surface area contributed by atoms with Crippen molar-refractivity contribution in [3.63, 3.8) is 0 Å². The minimum absolute atomic E-state index is 0.149. The highest BCUT2D eigenvalue weighted by molar-refractivity contribution is 14.1. The van der Waals surface area contributed by atoms with Crippen molar-refractivity contribution in [1.82, 2.24) is 4.98 Å². The third-order valence-corrected chi connectivity index (χ3v) is 5.46. The Bertz CT molecular complexity index is 1140. The molecule has 0 saturated carbocycles. The number of anilines is 1. The van der Waals surface area contributed by atoms with Gasteiger partial charge in [0.25, 0.3) is 5.91 Å². The van der Waals surface area contributed by atoms with Crippen LogP contribution in [0.5, 0.6) is 0 Å². The van der Waals surface area contributed by atoms with Gasteiger partial charge < -0.3 is 5.32 Å². The van der Waals surface area contributed by atoms with Crippen LogP contribution in [0.15, 0.2) is 83.5 Å². The number of pyridine rings is 1. The van der Waals surface area contributed by atoms with Crippen LogP contribution in [-0.2, 0) is 0 Å². The van der Waals surface area contributed by atoms with Crippen LogP contribution < -0.4 is 5.32 Å². The van der Waals surface area contributed by atoms with E-state index < -0.39 is 0 Å². The summed E-state index contributed by atoms with van der Waals surface area (Å²) in [6.07, 6.45) is 1.73. The number of fused-ring (bicyclic) bond motifs is 1. The Morgan fingerprint density at radius 2 is 1.74 bits per heavy atom. The molecule has 0 bridgehead atoms. The molecule has 4 aromatic rings. The quantitative estimate of drug-likeness (QED) is 0.307. The molecule has 132 valence electrons. The number of rotatable bonds is 3. The van der Waals surface area contributed by atoms with E-state index in [0.29, 0.717) is 11.3 Å². The van der Waals surface area contributed by atoms with Crippen LogP contribution in [0.4, 0.5) is 5.69 Å². The molecule has 0 aliphatic heterocycles. The summed E-state index contributed by atoms with van der Waals surface area (Å²) in [5, 5.41) is 4.03. The molecule has 0 atom stereocenters. The number of hydrogen-bond acceptors (Lipinski definition) is 2. The van der Waals surface area contributed by atoms with Crippen LogP contribution in [0.3, 0.4) is 0 Å². The molecule has 3 nitrogen and oxygen atoms in total. The zero-order valence-corrected chi connectivity index (χ0v) is 17.9. The molecule has 5 heteroatoms. The summed E-state index contributed by atoms with van der Waals surface area (Å²) in [6.45, 7) is 0. The normalized spacial score (nSPS) is 10.7. The molecular formula is C22H14BrIN2O. The molecule has 4 rings (SSSR count). The first kappa shape index (κ1) is 18.1. The van der Waals surface area contributed by atoms with E-state index >= 15 is 0 Å². The molecule has 0 radical (unpaired) electrons. The smallest absolute Gasteiger partial charge is 0.256 e. The highest BCUT2D eigenvalue weighted by Gasteiger charge is 2.15. The van der Waals surface area contributed by atoms with Gasteiger partial charge in [-0.05, 0) is 70.1 Å². The molecule has 3 aromatic carbocycles. The summed E-state index contributed by atoms with van der Waals surface area (Å²) in [4.78, 5) is 17.5. The van der Waals surface area contributed by atoms with Gasteiger partial charge in [-0.3, -0.25) is 9.78 Å². The molecule has 1 N–H and O–H groups in total. The molecule has 1 amide bonds. The monoisotopic (exact) mass is 528 g/mol. The number of aromatic nitrogens is 1. The maximum absolute atomic E-state index is 13.1. The number of amides is 1. The molecule has 0 fully saturated rings. The molecular weight excluding hydrogens is 515 g/mol. The van der Waals surface area contributed by atoms with Gasteiger partial charge in [-0.15, -0.1) is 0 Å². The van der Waals surface area contributed by atoms with E-state index in [9.17, 15) is 4.79 Å². The fourth-order valence-corrected chi connectivity index (χ4v) is 3.74. The number of benzene rings is 3. The molecule has 27 heavy (non-hydrogen) atoms. The highest BCUT2D eigenvalue weighted by atomic mass is 127. The molecule has 0 unspecified atom stereocenters. The van der Waals surface area contributed by atoms with Crippen molar-refractivity contribution in [2.45, 2.75) is 0 Å². The lowest BCUT2D eigenvalue weighted by Gasteiger charge is -2.12. The van der Waals surface area contributed by atoms with Crippen molar-refractivity contribution in [1.29, 1.82) is 0 Å². The first-order chi connectivity index (χ1) is 13.1. The van der Waals surface area contributed by atoms with Crippen molar-refractivity contribution in [3.8, 4) is 11.1 Å². The number of carbonyl (C=O) groups excluding carboxylic acids is 1. The Morgan fingerprint density at radius 3 is 2.56 bits per heavy atom. The van der Waals surface area contributed by atoms with E-state index in [1.807, 2.05) is 72.8 Å². The SMILES string of the molecule is O=C(Nc1cccc2cccnc12)c1cc(I)ccc1-c1ccc(Br)cc1. The van der Waals surface area contributed by atoms with Gasteiger partial charge in [-0.2, -0.15) is 0 Å². The van der Waals surface area contributed by atoms with Gasteiger partial charge in [0, 0.05) is 25.2 Å². The van der Waals surface area contributed by atoms with E-state index in [1.54, 1.807) is 6.20 Å². The number of carbonyl (C=O) groups is 1. The fourth-order valence-electron chi connectivity index (χ4n) is 2.98. The second-order valence-electron chi connectivity index (χ2n) is 6.03. The van der Waals surface area contributed by atoms with Crippen molar-refractivity contribution in [2.24, 2.45) is 0 Å². The number of nitrogens with one attached hydrogen (secondary N) is 1. The predicted octanol–water partition coefficient (Wildman–Crippen LogP) is 6.52. The maximum atomic E-state index is 13.1. The molecule has 1 aromatic heterocycles. The van der Waals surface area contributed by atoms with E-state index in [1.165, 1.54) is 0 Å². The minimum atomic E-state index is -0.149. The Hall–Kier alpha value is -2.25. The minimum Gasteiger partial charge on any atom is -0.320 e. The molecule has 0 saturated heterocycles. The van der Waals surface area contributed by atoms with Crippen molar-refractivity contribution in [2.75, 3.05) is 5.32 Å². The Kier molecular flexibility index (Phi) is 5.22. The van der Waals surface area contributed by atoms with Crippen LogP contribution in [0.2, 0.25) is 0 Å². The average molecular weight is 529 g/mol. The lowest BCUT2D eigenvalue weighted by Crippen LogP contribution is -2.14. The van der Waals surface area contributed by atoms with Gasteiger partial charge in [-0.25, -0.2) is 0 Å². The summed E-state index contributed by atoms with van der Waals surface area (Å²) < 4.78 is 2.01. The van der Waals surface area contributed by atoms with Crippen LogP contribution in [0, 0.1) is 3.57 Å². The van der Waals surface area contributed by atoms with Crippen molar-refractivity contribution < 1.29 is 4.79 Å².